The first-order valence-corrected chi connectivity index (χ1v) is 5.48. The second-order valence-corrected chi connectivity index (χ2v) is 4.07. The molecular formula is C12H15FN2O. The first-order chi connectivity index (χ1) is 7.66. The van der Waals surface area contributed by atoms with Crippen molar-refractivity contribution in [3.8, 4) is 0 Å². The van der Waals surface area contributed by atoms with Gasteiger partial charge in [0, 0.05) is 6.54 Å². The molecule has 0 atom stereocenters. The molecule has 86 valence electrons. The van der Waals surface area contributed by atoms with Gasteiger partial charge in [0.2, 0.25) is 0 Å². The van der Waals surface area contributed by atoms with Crippen LogP contribution in [-0.2, 0) is 5.54 Å². The van der Waals surface area contributed by atoms with Crippen LogP contribution < -0.4 is 10.6 Å². The van der Waals surface area contributed by atoms with Gasteiger partial charge in [0.05, 0.1) is 5.54 Å². The molecule has 0 aromatic heterocycles. The molecule has 0 aliphatic heterocycles. The van der Waals surface area contributed by atoms with Crippen molar-refractivity contribution in [2.45, 2.75) is 25.3 Å². The zero-order chi connectivity index (χ0) is 11.6. The van der Waals surface area contributed by atoms with Crippen molar-refractivity contribution in [1.29, 1.82) is 0 Å². The number of carbonyl (C=O) groups is 1. The van der Waals surface area contributed by atoms with Gasteiger partial charge < -0.3 is 10.6 Å². The highest BCUT2D eigenvalue weighted by atomic mass is 19.1. The number of amides is 2. The molecule has 0 bridgehead atoms. The first kappa shape index (κ1) is 10.9. The zero-order valence-electron chi connectivity index (χ0n) is 9.22. The summed E-state index contributed by atoms with van der Waals surface area (Å²) < 4.78 is 12.8. The van der Waals surface area contributed by atoms with Crippen molar-refractivity contribution in [2.75, 3.05) is 6.54 Å². The molecule has 3 nitrogen and oxygen atoms in total. The summed E-state index contributed by atoms with van der Waals surface area (Å²) in [5.41, 5.74) is 0.701. The van der Waals surface area contributed by atoms with Crippen molar-refractivity contribution >= 4 is 6.03 Å². The van der Waals surface area contributed by atoms with Crippen LogP contribution in [0.5, 0.6) is 0 Å². The highest BCUT2D eigenvalue weighted by molar-refractivity contribution is 5.75. The van der Waals surface area contributed by atoms with E-state index in [1.165, 1.54) is 12.1 Å². The van der Waals surface area contributed by atoms with Crippen LogP contribution in [0.25, 0.3) is 0 Å². The molecule has 1 saturated carbocycles. The maximum absolute atomic E-state index is 12.8. The van der Waals surface area contributed by atoms with Crippen molar-refractivity contribution in [2.24, 2.45) is 0 Å². The molecular weight excluding hydrogens is 207 g/mol. The summed E-state index contributed by atoms with van der Waals surface area (Å²) in [7, 11) is 0. The lowest BCUT2D eigenvalue weighted by molar-refractivity contribution is 0.236. The predicted octanol–water partition coefficient (Wildman–Crippen LogP) is 2.13. The molecule has 2 amide bonds. The van der Waals surface area contributed by atoms with Crippen LogP contribution in [0.2, 0.25) is 0 Å². The number of halogens is 1. The molecule has 1 aliphatic carbocycles. The Bertz CT molecular complexity index is 385. The Kier molecular flexibility index (Phi) is 2.81. The lowest BCUT2D eigenvalue weighted by Gasteiger charge is -2.18. The molecule has 1 aromatic carbocycles. The van der Waals surface area contributed by atoms with E-state index in [0.717, 1.165) is 18.4 Å². The van der Waals surface area contributed by atoms with Gasteiger partial charge in [-0.25, -0.2) is 9.18 Å². The van der Waals surface area contributed by atoms with E-state index in [4.69, 9.17) is 0 Å². The van der Waals surface area contributed by atoms with E-state index < -0.39 is 0 Å². The molecule has 0 saturated heterocycles. The van der Waals surface area contributed by atoms with Gasteiger partial charge >= 0.3 is 6.03 Å². The second kappa shape index (κ2) is 4.12. The Morgan fingerprint density at radius 2 is 2.00 bits per heavy atom. The lowest BCUT2D eigenvalue weighted by atomic mass is 10.1. The normalized spacial score (nSPS) is 16.6. The minimum Gasteiger partial charge on any atom is -0.338 e. The maximum atomic E-state index is 12.8. The summed E-state index contributed by atoms with van der Waals surface area (Å²) in [6.07, 6.45) is 1.82. The molecule has 1 aromatic rings. The predicted molar refractivity (Wildman–Crippen MR) is 59.5 cm³/mol. The third-order valence-corrected chi connectivity index (χ3v) is 2.84. The summed E-state index contributed by atoms with van der Waals surface area (Å²) in [4.78, 5) is 11.4. The van der Waals surface area contributed by atoms with E-state index in [2.05, 4.69) is 10.6 Å². The van der Waals surface area contributed by atoms with E-state index in [0.29, 0.717) is 6.54 Å². The fourth-order valence-electron chi connectivity index (χ4n) is 1.80. The highest BCUT2D eigenvalue weighted by Crippen LogP contribution is 2.45. The van der Waals surface area contributed by atoms with Crippen molar-refractivity contribution in [3.63, 3.8) is 0 Å². The maximum Gasteiger partial charge on any atom is 0.315 e. The lowest BCUT2D eigenvalue weighted by Crippen LogP contribution is -2.42. The number of hydrogen-bond donors (Lipinski definition) is 2. The Morgan fingerprint density at radius 1 is 1.38 bits per heavy atom. The number of urea groups is 1. The molecule has 0 unspecified atom stereocenters. The Balaban J connectivity index is 2.08. The number of carbonyl (C=O) groups excluding carboxylic acids is 1. The first-order valence-electron chi connectivity index (χ1n) is 5.48. The molecule has 0 heterocycles. The van der Waals surface area contributed by atoms with Crippen LogP contribution in [0.4, 0.5) is 9.18 Å². The molecule has 1 aliphatic rings. The summed E-state index contributed by atoms with van der Waals surface area (Å²) in [5.74, 6) is -0.252. The zero-order valence-corrected chi connectivity index (χ0v) is 9.22. The van der Waals surface area contributed by atoms with Gasteiger partial charge in [-0.05, 0) is 37.5 Å². The van der Waals surface area contributed by atoms with Gasteiger partial charge in [-0.1, -0.05) is 12.1 Å². The van der Waals surface area contributed by atoms with Crippen LogP contribution in [0.15, 0.2) is 24.3 Å². The SMILES string of the molecule is CCNC(=O)NC1(c2ccc(F)cc2)CC1. The quantitative estimate of drug-likeness (QED) is 0.808. The van der Waals surface area contributed by atoms with Gasteiger partial charge in [0.1, 0.15) is 5.82 Å². The number of benzene rings is 1. The Labute approximate surface area is 94.0 Å². The van der Waals surface area contributed by atoms with Crippen molar-refractivity contribution < 1.29 is 9.18 Å². The number of rotatable bonds is 3. The van der Waals surface area contributed by atoms with Gasteiger partial charge in [0.25, 0.3) is 0 Å². The summed E-state index contributed by atoms with van der Waals surface area (Å²) in [6, 6.07) is 6.15. The van der Waals surface area contributed by atoms with E-state index in [9.17, 15) is 9.18 Å². The molecule has 2 rings (SSSR count). The van der Waals surface area contributed by atoms with E-state index in [1.807, 2.05) is 6.92 Å². The van der Waals surface area contributed by atoms with Crippen LogP contribution in [0.1, 0.15) is 25.3 Å². The standard InChI is InChI=1S/C12H15FN2O/c1-2-14-11(16)15-12(7-8-12)9-3-5-10(13)6-4-9/h3-6H,2,7-8H2,1H3,(H2,14,15,16). The summed E-state index contributed by atoms with van der Waals surface area (Å²) in [5, 5.41) is 5.63. The largest absolute Gasteiger partial charge is 0.338 e. The van der Waals surface area contributed by atoms with Gasteiger partial charge in [0.15, 0.2) is 0 Å². The van der Waals surface area contributed by atoms with E-state index >= 15 is 0 Å². The van der Waals surface area contributed by atoms with E-state index in [-0.39, 0.29) is 17.4 Å². The third-order valence-electron chi connectivity index (χ3n) is 2.84. The minimum absolute atomic E-state index is 0.163. The van der Waals surface area contributed by atoms with Crippen molar-refractivity contribution in [1.82, 2.24) is 10.6 Å². The van der Waals surface area contributed by atoms with Crippen LogP contribution >= 0.6 is 0 Å². The van der Waals surface area contributed by atoms with Crippen LogP contribution in [0, 0.1) is 5.82 Å². The number of hydrogen-bond acceptors (Lipinski definition) is 1. The molecule has 1 fully saturated rings. The van der Waals surface area contributed by atoms with E-state index in [1.54, 1.807) is 12.1 Å². The second-order valence-electron chi connectivity index (χ2n) is 4.07. The van der Waals surface area contributed by atoms with Gasteiger partial charge in [-0.2, -0.15) is 0 Å². The van der Waals surface area contributed by atoms with Crippen LogP contribution in [-0.4, -0.2) is 12.6 Å². The van der Waals surface area contributed by atoms with Gasteiger partial charge in [-0.15, -0.1) is 0 Å². The average molecular weight is 222 g/mol. The third kappa shape index (κ3) is 2.15. The minimum atomic E-state index is -0.271. The highest BCUT2D eigenvalue weighted by Gasteiger charge is 2.45. The molecule has 16 heavy (non-hydrogen) atoms. The summed E-state index contributed by atoms with van der Waals surface area (Å²) >= 11 is 0. The Hall–Kier alpha value is -1.58. The molecule has 2 N–H and O–H groups in total. The molecule has 0 radical (unpaired) electrons. The van der Waals surface area contributed by atoms with Crippen molar-refractivity contribution in [3.05, 3.63) is 35.6 Å². The topological polar surface area (TPSA) is 41.1 Å². The Morgan fingerprint density at radius 3 is 2.50 bits per heavy atom. The number of nitrogens with one attached hydrogen (secondary N) is 2. The summed E-state index contributed by atoms with van der Waals surface area (Å²) in [6.45, 7) is 2.47. The smallest absolute Gasteiger partial charge is 0.315 e. The fourth-order valence-corrected chi connectivity index (χ4v) is 1.80. The fraction of sp³-hybridized carbons (Fsp3) is 0.417. The van der Waals surface area contributed by atoms with Crippen LogP contribution in [0.3, 0.4) is 0 Å². The average Bonchev–Trinajstić information content (AvgIpc) is 3.00. The molecule has 4 heteroatoms. The van der Waals surface area contributed by atoms with Gasteiger partial charge in [-0.3, -0.25) is 0 Å². The monoisotopic (exact) mass is 222 g/mol. The molecule has 0 spiro atoms.